The molecule has 0 atom stereocenters. The minimum absolute atomic E-state index is 0.150. The summed E-state index contributed by atoms with van der Waals surface area (Å²) >= 11 is 5.75. The molecule has 0 saturated heterocycles. The maximum atomic E-state index is 12.1. The van der Waals surface area contributed by atoms with E-state index < -0.39 is 0 Å². The Morgan fingerprint density at radius 1 is 1.33 bits per heavy atom. The fraction of sp³-hybridized carbons (Fsp3) is 0.0667. The van der Waals surface area contributed by atoms with Crippen LogP contribution in [0.3, 0.4) is 0 Å². The van der Waals surface area contributed by atoms with Crippen molar-refractivity contribution < 1.29 is 4.79 Å². The van der Waals surface area contributed by atoms with Crippen LogP contribution < -0.4 is 16.4 Å². The smallest absolute Gasteiger partial charge is 0.258 e. The Kier molecular flexibility index (Phi) is 3.27. The number of rotatable bonds is 2. The second-order valence-electron chi connectivity index (χ2n) is 4.75. The van der Waals surface area contributed by atoms with E-state index in [4.69, 9.17) is 17.3 Å². The Hall–Kier alpha value is -2.53. The van der Waals surface area contributed by atoms with Crippen LogP contribution in [0.2, 0.25) is 5.15 Å². The number of pyridine rings is 1. The third-order valence-corrected chi connectivity index (χ3v) is 3.45. The van der Waals surface area contributed by atoms with Crippen LogP contribution in [-0.2, 0) is 4.79 Å². The van der Waals surface area contributed by atoms with Crippen LogP contribution in [0.5, 0.6) is 0 Å². The summed E-state index contributed by atoms with van der Waals surface area (Å²) in [4.78, 5) is 16.1. The van der Waals surface area contributed by atoms with Crippen molar-refractivity contribution in [2.75, 3.05) is 16.4 Å². The Morgan fingerprint density at radius 2 is 2.14 bits per heavy atom. The number of hydrogen-bond acceptors (Lipinski definition) is 4. The molecular formula is C15H13ClN4O. The number of carbonyl (C=O) groups is 1. The molecule has 0 spiro atoms. The third-order valence-electron chi connectivity index (χ3n) is 3.22. The lowest BCUT2D eigenvalue weighted by atomic mass is 10.0. The minimum Gasteiger partial charge on any atom is -0.399 e. The van der Waals surface area contributed by atoms with Gasteiger partial charge in [-0.05, 0) is 37.3 Å². The summed E-state index contributed by atoms with van der Waals surface area (Å²) in [6.07, 6.45) is 1.61. The highest BCUT2D eigenvalue weighted by Gasteiger charge is 2.26. The van der Waals surface area contributed by atoms with Crippen LogP contribution >= 0.6 is 11.6 Å². The molecule has 0 radical (unpaired) electrons. The predicted octanol–water partition coefficient (Wildman–Crippen LogP) is 3.11. The number of anilines is 3. The largest absolute Gasteiger partial charge is 0.399 e. The van der Waals surface area contributed by atoms with Crippen molar-refractivity contribution in [3.63, 3.8) is 0 Å². The molecule has 0 aliphatic carbocycles. The Labute approximate surface area is 126 Å². The maximum Gasteiger partial charge on any atom is 0.258 e. The molecule has 5 nitrogen and oxygen atoms in total. The lowest BCUT2D eigenvalue weighted by Crippen LogP contribution is -2.08. The predicted molar refractivity (Wildman–Crippen MR) is 84.9 cm³/mol. The van der Waals surface area contributed by atoms with E-state index in [0.29, 0.717) is 16.4 Å². The fourth-order valence-corrected chi connectivity index (χ4v) is 2.40. The van der Waals surface area contributed by atoms with E-state index in [1.54, 1.807) is 36.5 Å². The van der Waals surface area contributed by atoms with Gasteiger partial charge in [-0.3, -0.25) is 4.79 Å². The first-order valence-corrected chi connectivity index (χ1v) is 6.73. The molecule has 21 heavy (non-hydrogen) atoms. The number of nitrogens with two attached hydrogens (primary N) is 1. The number of nitrogens with zero attached hydrogens (tertiary/aromatic N) is 1. The van der Waals surface area contributed by atoms with Crippen LogP contribution in [0, 0.1) is 0 Å². The van der Waals surface area contributed by atoms with Gasteiger partial charge in [0.05, 0.1) is 17.5 Å². The van der Waals surface area contributed by atoms with Crippen molar-refractivity contribution in [1.82, 2.24) is 4.98 Å². The zero-order valence-corrected chi connectivity index (χ0v) is 12.0. The van der Waals surface area contributed by atoms with E-state index >= 15 is 0 Å². The zero-order chi connectivity index (χ0) is 15.0. The first kappa shape index (κ1) is 13.5. The standard InChI is InChI=1S/C15H13ClN4O/c1-8(19-10-3-5-13(16)18-7-10)14-11-6-9(17)2-4-12(11)20-15(14)21/h2-7,19H,17H2,1H3,(H,20,21). The highest BCUT2D eigenvalue weighted by molar-refractivity contribution is 6.32. The van der Waals surface area contributed by atoms with Crippen LogP contribution in [0.1, 0.15) is 12.5 Å². The van der Waals surface area contributed by atoms with E-state index in [2.05, 4.69) is 15.6 Å². The molecule has 1 aliphatic heterocycles. The summed E-state index contributed by atoms with van der Waals surface area (Å²) in [6.45, 7) is 1.84. The van der Waals surface area contributed by atoms with E-state index in [1.807, 2.05) is 6.92 Å². The molecule has 0 bridgehead atoms. The molecule has 0 unspecified atom stereocenters. The summed E-state index contributed by atoms with van der Waals surface area (Å²) < 4.78 is 0. The topological polar surface area (TPSA) is 80.0 Å². The number of amides is 1. The molecule has 0 fully saturated rings. The summed E-state index contributed by atoms with van der Waals surface area (Å²) in [5.41, 5.74) is 10.0. The van der Waals surface area contributed by atoms with Gasteiger partial charge in [-0.2, -0.15) is 0 Å². The first-order valence-electron chi connectivity index (χ1n) is 6.35. The molecule has 1 aromatic carbocycles. The van der Waals surface area contributed by atoms with Gasteiger partial charge in [0, 0.05) is 22.6 Å². The number of carbonyl (C=O) groups excluding carboxylic acids is 1. The number of hydrogen-bond donors (Lipinski definition) is 3. The van der Waals surface area contributed by atoms with E-state index in [9.17, 15) is 4.79 Å². The Morgan fingerprint density at radius 3 is 2.86 bits per heavy atom. The number of benzene rings is 1. The summed E-state index contributed by atoms with van der Waals surface area (Å²) in [7, 11) is 0. The van der Waals surface area contributed by atoms with Gasteiger partial charge < -0.3 is 16.4 Å². The number of nitrogen functional groups attached to an aromatic ring is 1. The van der Waals surface area contributed by atoms with Gasteiger partial charge in [-0.25, -0.2) is 4.98 Å². The monoisotopic (exact) mass is 300 g/mol. The molecule has 1 aliphatic rings. The minimum atomic E-state index is -0.150. The molecule has 1 amide bonds. The molecule has 1 aromatic heterocycles. The number of fused-ring (bicyclic) bond motifs is 1. The van der Waals surface area contributed by atoms with Crippen molar-refractivity contribution in [2.24, 2.45) is 0 Å². The van der Waals surface area contributed by atoms with Gasteiger partial charge in [0.15, 0.2) is 0 Å². The first-order chi connectivity index (χ1) is 10.0. The van der Waals surface area contributed by atoms with Gasteiger partial charge in [-0.15, -0.1) is 0 Å². The van der Waals surface area contributed by atoms with Crippen molar-refractivity contribution in [3.05, 3.63) is 52.9 Å². The third kappa shape index (κ3) is 2.55. The molecule has 2 aromatic rings. The van der Waals surface area contributed by atoms with Gasteiger partial charge in [0.2, 0.25) is 0 Å². The van der Waals surface area contributed by atoms with Gasteiger partial charge in [0.25, 0.3) is 5.91 Å². The van der Waals surface area contributed by atoms with Crippen molar-refractivity contribution in [2.45, 2.75) is 6.92 Å². The molecule has 6 heteroatoms. The molecule has 2 heterocycles. The second kappa shape index (κ2) is 5.10. The summed E-state index contributed by atoms with van der Waals surface area (Å²) in [6, 6.07) is 8.82. The average molecular weight is 301 g/mol. The molecule has 4 N–H and O–H groups in total. The maximum absolute atomic E-state index is 12.1. The van der Waals surface area contributed by atoms with Gasteiger partial charge >= 0.3 is 0 Å². The second-order valence-corrected chi connectivity index (χ2v) is 5.14. The van der Waals surface area contributed by atoms with E-state index in [0.717, 1.165) is 22.6 Å². The number of nitrogens with one attached hydrogen (secondary N) is 2. The van der Waals surface area contributed by atoms with Crippen LogP contribution in [0.4, 0.5) is 17.1 Å². The Bertz CT molecular complexity index is 753. The van der Waals surface area contributed by atoms with E-state index in [1.165, 1.54) is 0 Å². The highest BCUT2D eigenvalue weighted by Crippen LogP contribution is 2.35. The lowest BCUT2D eigenvalue weighted by Gasteiger charge is -2.09. The molecular weight excluding hydrogens is 288 g/mol. The highest BCUT2D eigenvalue weighted by atomic mass is 35.5. The molecule has 106 valence electrons. The normalized spacial score (nSPS) is 15.4. The number of allylic oxidation sites excluding steroid dienone is 1. The lowest BCUT2D eigenvalue weighted by molar-refractivity contribution is -0.110. The average Bonchev–Trinajstić information content (AvgIpc) is 2.76. The molecule has 0 saturated carbocycles. The van der Waals surface area contributed by atoms with Crippen LogP contribution in [0.25, 0.3) is 5.57 Å². The van der Waals surface area contributed by atoms with Gasteiger partial charge in [0.1, 0.15) is 5.15 Å². The summed E-state index contributed by atoms with van der Waals surface area (Å²) in [5.74, 6) is -0.150. The van der Waals surface area contributed by atoms with Crippen molar-refractivity contribution >= 4 is 40.1 Å². The van der Waals surface area contributed by atoms with Crippen molar-refractivity contribution in [1.29, 1.82) is 0 Å². The number of aromatic nitrogens is 1. The quantitative estimate of drug-likeness (QED) is 0.452. The van der Waals surface area contributed by atoms with Crippen LogP contribution in [0.15, 0.2) is 42.2 Å². The fourth-order valence-electron chi connectivity index (χ4n) is 2.29. The molecule has 3 rings (SSSR count). The van der Waals surface area contributed by atoms with Crippen molar-refractivity contribution in [3.8, 4) is 0 Å². The summed E-state index contributed by atoms with van der Waals surface area (Å²) in [5, 5.41) is 6.40. The zero-order valence-electron chi connectivity index (χ0n) is 11.3. The van der Waals surface area contributed by atoms with Crippen LogP contribution in [-0.4, -0.2) is 10.9 Å². The van der Waals surface area contributed by atoms with E-state index in [-0.39, 0.29) is 5.91 Å². The SMILES string of the molecule is CC(Nc1ccc(Cl)nc1)=C1C(=O)Nc2ccc(N)cc21. The Balaban J connectivity index is 2.00. The number of halogens is 1. The van der Waals surface area contributed by atoms with Gasteiger partial charge in [-0.1, -0.05) is 11.6 Å².